The first-order valence-corrected chi connectivity index (χ1v) is 9.95. The van der Waals surface area contributed by atoms with Crippen LogP contribution in [-0.2, 0) is 14.3 Å². The molecule has 4 aliphatic rings. The number of benzene rings is 2. The molecular weight excluding hydrogens is 366 g/mol. The fraction of sp³-hybridized carbons (Fsp3) is 0.375. The molecule has 29 heavy (non-hydrogen) atoms. The molecule has 0 unspecified atom stereocenters. The Labute approximate surface area is 169 Å². The van der Waals surface area contributed by atoms with Gasteiger partial charge in [-0.2, -0.15) is 0 Å². The molecule has 5 heteroatoms. The molecular formula is C24H23NO4. The number of carbonyl (C=O) groups is 2. The minimum absolute atomic E-state index is 0.0216. The lowest BCUT2D eigenvalue weighted by atomic mass is 9.50. The lowest BCUT2D eigenvalue weighted by Gasteiger charge is -2.53. The summed E-state index contributed by atoms with van der Waals surface area (Å²) in [6, 6.07) is 17.4. The summed E-state index contributed by atoms with van der Waals surface area (Å²) in [6.45, 7) is 2.13. The first kappa shape index (κ1) is 18.3. The van der Waals surface area contributed by atoms with Crippen molar-refractivity contribution >= 4 is 17.3 Å². The Kier molecular flexibility index (Phi) is 4.00. The fourth-order valence-corrected chi connectivity index (χ4v) is 5.78. The van der Waals surface area contributed by atoms with Crippen LogP contribution in [0.15, 0.2) is 59.6 Å². The largest absolute Gasteiger partial charge is 0.497 e. The summed E-state index contributed by atoms with van der Waals surface area (Å²) in [5.74, 6) is -0.956. The molecule has 3 saturated carbocycles. The molecule has 0 spiro atoms. The average molecular weight is 389 g/mol. The van der Waals surface area contributed by atoms with Gasteiger partial charge in [0.05, 0.1) is 24.7 Å². The number of methoxy groups -OCH3 is 2. The molecule has 1 heterocycles. The van der Waals surface area contributed by atoms with E-state index in [0.29, 0.717) is 5.71 Å². The Morgan fingerprint density at radius 2 is 1.62 bits per heavy atom. The summed E-state index contributed by atoms with van der Waals surface area (Å²) in [4.78, 5) is 31.9. The van der Waals surface area contributed by atoms with E-state index in [2.05, 4.69) is 6.92 Å². The van der Waals surface area contributed by atoms with Gasteiger partial charge in [-0.25, -0.2) is 4.99 Å². The van der Waals surface area contributed by atoms with Crippen LogP contribution in [0.4, 0.5) is 0 Å². The molecule has 1 aliphatic heterocycles. The third-order valence-electron chi connectivity index (χ3n) is 7.01. The number of fused-ring (bicyclic) bond motifs is 1. The highest BCUT2D eigenvalue weighted by atomic mass is 16.5. The molecule has 0 amide bonds. The second-order valence-electron chi connectivity index (χ2n) is 8.17. The van der Waals surface area contributed by atoms with Crippen LogP contribution in [0.3, 0.4) is 0 Å². The zero-order valence-electron chi connectivity index (χ0n) is 16.7. The molecule has 3 aliphatic carbocycles. The average Bonchev–Trinajstić information content (AvgIpc) is 3.10. The standard InChI is InChI=1S/C24H23NO4/c1-13-17(14-7-5-4-6-8-14)18-22(26)19-20(13)24(29-3,23(18)27)25-21(19)15-9-11-16(28-2)12-10-15/h4-13,17-20H,1-3H3/t13-,17+,18-,19-,20+,24+/m1/s1. The van der Waals surface area contributed by atoms with Gasteiger partial charge in [0.1, 0.15) is 5.75 Å². The zero-order valence-corrected chi connectivity index (χ0v) is 16.7. The van der Waals surface area contributed by atoms with Gasteiger partial charge >= 0.3 is 0 Å². The topological polar surface area (TPSA) is 65.0 Å². The minimum Gasteiger partial charge on any atom is -0.497 e. The van der Waals surface area contributed by atoms with E-state index < -0.39 is 17.6 Å². The predicted octanol–water partition coefficient (Wildman–Crippen LogP) is 3.27. The summed E-state index contributed by atoms with van der Waals surface area (Å²) in [7, 11) is 3.15. The summed E-state index contributed by atoms with van der Waals surface area (Å²) >= 11 is 0. The molecule has 0 aromatic heterocycles. The molecule has 0 saturated heterocycles. The summed E-state index contributed by atoms with van der Waals surface area (Å²) in [6.07, 6.45) is 0. The second-order valence-corrected chi connectivity index (χ2v) is 8.17. The molecule has 4 bridgehead atoms. The van der Waals surface area contributed by atoms with Crippen molar-refractivity contribution in [2.75, 3.05) is 14.2 Å². The quantitative estimate of drug-likeness (QED) is 0.753. The summed E-state index contributed by atoms with van der Waals surface area (Å²) < 4.78 is 11.0. The van der Waals surface area contributed by atoms with Gasteiger partial charge in [-0.05, 0) is 41.3 Å². The number of hydrogen-bond donors (Lipinski definition) is 0. The van der Waals surface area contributed by atoms with Crippen molar-refractivity contribution in [1.82, 2.24) is 0 Å². The normalized spacial score (nSPS) is 35.0. The SMILES string of the molecule is COc1ccc(C2=N[C@@]3(OC)C(=O)[C@H]4C(=O)[C@@H]2[C@@H]3[C@H](C)[C@H]4c2ccccc2)cc1. The van der Waals surface area contributed by atoms with Gasteiger partial charge in [0.2, 0.25) is 5.72 Å². The van der Waals surface area contributed by atoms with Gasteiger partial charge in [0.25, 0.3) is 0 Å². The van der Waals surface area contributed by atoms with Gasteiger partial charge in [0, 0.05) is 18.9 Å². The van der Waals surface area contributed by atoms with Crippen molar-refractivity contribution in [2.45, 2.75) is 18.6 Å². The first-order valence-electron chi connectivity index (χ1n) is 9.95. The van der Waals surface area contributed by atoms with E-state index in [1.807, 2.05) is 54.6 Å². The van der Waals surface area contributed by atoms with E-state index in [1.54, 1.807) is 7.11 Å². The van der Waals surface area contributed by atoms with Crippen molar-refractivity contribution in [3.63, 3.8) is 0 Å². The van der Waals surface area contributed by atoms with Gasteiger partial charge in [0.15, 0.2) is 11.6 Å². The van der Waals surface area contributed by atoms with Crippen LogP contribution in [0.2, 0.25) is 0 Å². The van der Waals surface area contributed by atoms with Gasteiger partial charge in [-0.15, -0.1) is 0 Å². The Hall–Kier alpha value is -2.79. The Morgan fingerprint density at radius 3 is 2.24 bits per heavy atom. The van der Waals surface area contributed by atoms with Gasteiger partial charge in [-0.1, -0.05) is 37.3 Å². The zero-order chi connectivity index (χ0) is 20.3. The van der Waals surface area contributed by atoms with Crippen molar-refractivity contribution in [3.05, 3.63) is 65.7 Å². The van der Waals surface area contributed by atoms with E-state index in [-0.39, 0.29) is 29.3 Å². The second kappa shape index (κ2) is 6.36. The minimum atomic E-state index is -1.26. The number of rotatable bonds is 4. The van der Waals surface area contributed by atoms with Crippen LogP contribution in [0, 0.1) is 23.7 Å². The maximum Gasteiger partial charge on any atom is 0.223 e. The van der Waals surface area contributed by atoms with Crippen LogP contribution in [0.25, 0.3) is 0 Å². The highest BCUT2D eigenvalue weighted by Crippen LogP contribution is 2.61. The number of nitrogens with zero attached hydrogens (tertiary/aromatic N) is 1. The smallest absolute Gasteiger partial charge is 0.223 e. The van der Waals surface area contributed by atoms with E-state index in [0.717, 1.165) is 16.9 Å². The van der Waals surface area contributed by atoms with E-state index in [1.165, 1.54) is 7.11 Å². The molecule has 0 N–H and O–H groups in total. The number of ether oxygens (including phenoxy) is 2. The third kappa shape index (κ3) is 2.28. The lowest BCUT2D eigenvalue weighted by Crippen LogP contribution is -2.66. The number of Topliss-reactive ketones (excluding diaryl/α,β-unsaturated/α-hetero) is 2. The lowest BCUT2D eigenvalue weighted by molar-refractivity contribution is -0.180. The Morgan fingerprint density at radius 1 is 0.931 bits per heavy atom. The van der Waals surface area contributed by atoms with E-state index >= 15 is 0 Å². The van der Waals surface area contributed by atoms with Crippen molar-refractivity contribution in [2.24, 2.45) is 28.7 Å². The first-order chi connectivity index (χ1) is 14.0. The fourth-order valence-electron chi connectivity index (χ4n) is 5.78. The number of aliphatic imine (C=N–C) groups is 1. The van der Waals surface area contributed by atoms with Crippen LogP contribution >= 0.6 is 0 Å². The maximum atomic E-state index is 13.6. The Balaban J connectivity index is 1.63. The monoisotopic (exact) mass is 389 g/mol. The highest BCUT2D eigenvalue weighted by molar-refractivity contribution is 6.26. The number of ketones is 2. The van der Waals surface area contributed by atoms with Crippen LogP contribution in [0.5, 0.6) is 5.75 Å². The Bertz CT molecular complexity index is 1010. The number of hydrogen-bond acceptors (Lipinski definition) is 5. The van der Waals surface area contributed by atoms with Crippen molar-refractivity contribution in [3.8, 4) is 5.75 Å². The number of carbonyl (C=O) groups excluding carboxylic acids is 2. The van der Waals surface area contributed by atoms with E-state index in [4.69, 9.17) is 14.5 Å². The molecule has 2 aromatic rings. The van der Waals surface area contributed by atoms with Gasteiger partial charge in [-0.3, -0.25) is 9.59 Å². The molecule has 0 radical (unpaired) electrons. The molecule has 6 atom stereocenters. The molecule has 6 rings (SSSR count). The molecule has 3 fully saturated rings. The van der Waals surface area contributed by atoms with Crippen molar-refractivity contribution in [1.29, 1.82) is 0 Å². The predicted molar refractivity (Wildman–Crippen MR) is 108 cm³/mol. The van der Waals surface area contributed by atoms with E-state index in [9.17, 15) is 9.59 Å². The van der Waals surface area contributed by atoms with Crippen LogP contribution < -0.4 is 4.74 Å². The maximum absolute atomic E-state index is 13.6. The molecule has 148 valence electrons. The molecule has 2 aromatic carbocycles. The van der Waals surface area contributed by atoms with Gasteiger partial charge < -0.3 is 9.47 Å². The van der Waals surface area contributed by atoms with Crippen LogP contribution in [0.1, 0.15) is 24.0 Å². The third-order valence-corrected chi connectivity index (χ3v) is 7.01. The summed E-state index contributed by atoms with van der Waals surface area (Å²) in [5.41, 5.74) is 1.28. The highest BCUT2D eigenvalue weighted by Gasteiger charge is 2.72. The van der Waals surface area contributed by atoms with Crippen molar-refractivity contribution < 1.29 is 19.1 Å². The molecule has 5 nitrogen and oxygen atoms in total. The van der Waals surface area contributed by atoms with Crippen LogP contribution in [-0.4, -0.2) is 37.2 Å². The summed E-state index contributed by atoms with van der Waals surface area (Å²) in [5, 5.41) is 0.